The Bertz CT molecular complexity index is 861. The summed E-state index contributed by atoms with van der Waals surface area (Å²) in [5, 5.41) is 9.45. The van der Waals surface area contributed by atoms with Gasteiger partial charge in [-0.1, -0.05) is 0 Å². The number of fused-ring (bicyclic) bond motifs is 1. The van der Waals surface area contributed by atoms with Crippen molar-refractivity contribution in [3.05, 3.63) is 42.0 Å². The maximum absolute atomic E-state index is 9.45. The Morgan fingerprint density at radius 3 is 2.46 bits per heavy atom. The van der Waals surface area contributed by atoms with E-state index in [9.17, 15) is 5.11 Å². The van der Waals surface area contributed by atoms with Gasteiger partial charge in [0.05, 0.1) is 11.0 Å². The third kappa shape index (κ3) is 2.71. The fraction of sp³-hybridized carbons (Fsp3) is 0.316. The first-order valence-corrected chi connectivity index (χ1v) is 8.33. The van der Waals surface area contributed by atoms with E-state index in [1.807, 2.05) is 12.1 Å². The van der Waals surface area contributed by atoms with Gasteiger partial charge in [0, 0.05) is 37.4 Å². The van der Waals surface area contributed by atoms with Crippen molar-refractivity contribution in [2.24, 2.45) is 0 Å². The minimum absolute atomic E-state index is 0.267. The SMILES string of the molecule is Cc1cc(N2CCN(C)CC2)cc2[nH]c(-c3ccc(O)cc3)nc12. The number of nitrogens with zero attached hydrogens (tertiary/aromatic N) is 3. The largest absolute Gasteiger partial charge is 0.508 e. The molecule has 0 bridgehead atoms. The van der Waals surface area contributed by atoms with Crippen molar-refractivity contribution in [2.45, 2.75) is 6.92 Å². The van der Waals surface area contributed by atoms with E-state index in [0.717, 1.165) is 48.6 Å². The lowest BCUT2D eigenvalue weighted by Gasteiger charge is -2.34. The maximum Gasteiger partial charge on any atom is 0.138 e. The number of phenols is 1. The van der Waals surface area contributed by atoms with Crippen molar-refractivity contribution in [1.29, 1.82) is 0 Å². The smallest absolute Gasteiger partial charge is 0.138 e. The van der Waals surface area contributed by atoms with Crippen molar-refractivity contribution in [3.8, 4) is 17.1 Å². The Kier molecular flexibility index (Phi) is 3.65. The van der Waals surface area contributed by atoms with Crippen LogP contribution in [0.15, 0.2) is 36.4 Å². The molecule has 1 saturated heterocycles. The fourth-order valence-corrected chi connectivity index (χ4v) is 3.27. The predicted molar refractivity (Wildman–Crippen MR) is 97.6 cm³/mol. The Morgan fingerprint density at radius 2 is 1.75 bits per heavy atom. The summed E-state index contributed by atoms with van der Waals surface area (Å²) < 4.78 is 0. The summed E-state index contributed by atoms with van der Waals surface area (Å²) in [5.41, 5.74) is 5.49. The van der Waals surface area contributed by atoms with Crippen LogP contribution in [0.1, 0.15) is 5.56 Å². The number of benzene rings is 2. The molecule has 1 aromatic heterocycles. The molecular formula is C19H22N4O. The average Bonchev–Trinajstić information content (AvgIpc) is 3.01. The molecule has 5 heteroatoms. The summed E-state index contributed by atoms with van der Waals surface area (Å²) in [5.74, 6) is 1.10. The van der Waals surface area contributed by atoms with Crippen molar-refractivity contribution < 1.29 is 5.11 Å². The molecule has 2 N–H and O–H groups in total. The molecule has 1 aliphatic heterocycles. The summed E-state index contributed by atoms with van der Waals surface area (Å²) in [6.45, 7) is 6.42. The van der Waals surface area contributed by atoms with Crippen LogP contribution in [0, 0.1) is 6.92 Å². The summed E-state index contributed by atoms with van der Waals surface area (Å²) in [6.07, 6.45) is 0. The highest BCUT2D eigenvalue weighted by molar-refractivity contribution is 5.86. The minimum Gasteiger partial charge on any atom is -0.508 e. The number of aryl methyl sites for hydroxylation is 1. The van der Waals surface area contributed by atoms with Gasteiger partial charge in [0.15, 0.2) is 0 Å². The molecule has 24 heavy (non-hydrogen) atoms. The van der Waals surface area contributed by atoms with E-state index < -0.39 is 0 Å². The molecule has 0 aliphatic carbocycles. The molecule has 4 rings (SSSR count). The van der Waals surface area contributed by atoms with E-state index in [4.69, 9.17) is 4.98 Å². The standard InChI is InChI=1S/C19H22N4O/c1-13-11-15(23-9-7-22(2)8-10-23)12-17-18(13)21-19(20-17)14-3-5-16(24)6-4-14/h3-6,11-12,24H,7-10H2,1-2H3,(H,20,21). The van der Waals surface area contributed by atoms with Crippen molar-refractivity contribution in [2.75, 3.05) is 38.1 Å². The Labute approximate surface area is 141 Å². The molecule has 0 amide bonds. The second kappa shape index (κ2) is 5.83. The highest BCUT2D eigenvalue weighted by Crippen LogP contribution is 2.28. The molecule has 0 saturated carbocycles. The molecule has 1 aliphatic rings. The first kappa shape index (κ1) is 15.0. The number of anilines is 1. The van der Waals surface area contributed by atoms with E-state index in [1.165, 1.54) is 11.3 Å². The highest BCUT2D eigenvalue weighted by atomic mass is 16.3. The number of piperazine rings is 1. The van der Waals surface area contributed by atoms with Crippen molar-refractivity contribution in [1.82, 2.24) is 14.9 Å². The lowest BCUT2D eigenvalue weighted by atomic mass is 10.1. The van der Waals surface area contributed by atoms with Gasteiger partial charge in [-0.2, -0.15) is 0 Å². The van der Waals surface area contributed by atoms with Gasteiger partial charge in [-0.05, 0) is 55.9 Å². The minimum atomic E-state index is 0.267. The van der Waals surface area contributed by atoms with Gasteiger partial charge in [-0.15, -0.1) is 0 Å². The molecule has 0 unspecified atom stereocenters. The number of aromatic hydroxyl groups is 1. The number of rotatable bonds is 2. The number of H-pyrrole nitrogens is 1. The predicted octanol–water partition coefficient (Wildman–Crippen LogP) is 3.00. The third-order valence-electron chi connectivity index (χ3n) is 4.77. The van der Waals surface area contributed by atoms with Crippen LogP contribution < -0.4 is 4.90 Å². The van der Waals surface area contributed by atoms with E-state index in [2.05, 4.69) is 40.9 Å². The number of phenolic OH excluding ortho intramolecular Hbond substituents is 1. The van der Waals surface area contributed by atoms with Crippen molar-refractivity contribution >= 4 is 16.7 Å². The molecule has 3 aromatic rings. The first-order valence-electron chi connectivity index (χ1n) is 8.33. The van der Waals surface area contributed by atoms with Gasteiger partial charge >= 0.3 is 0 Å². The zero-order valence-electron chi connectivity index (χ0n) is 14.1. The number of nitrogens with one attached hydrogen (secondary N) is 1. The monoisotopic (exact) mass is 322 g/mol. The van der Waals surface area contributed by atoms with Gasteiger partial charge in [0.25, 0.3) is 0 Å². The Balaban J connectivity index is 1.71. The molecule has 124 valence electrons. The van der Waals surface area contributed by atoms with E-state index in [1.54, 1.807) is 12.1 Å². The van der Waals surface area contributed by atoms with Crippen LogP contribution in [-0.4, -0.2) is 53.2 Å². The third-order valence-corrected chi connectivity index (χ3v) is 4.77. The van der Waals surface area contributed by atoms with Crippen LogP contribution in [0.2, 0.25) is 0 Å². The van der Waals surface area contributed by atoms with Gasteiger partial charge in [0.2, 0.25) is 0 Å². The van der Waals surface area contributed by atoms with Crippen LogP contribution in [0.25, 0.3) is 22.4 Å². The summed E-state index contributed by atoms with van der Waals surface area (Å²) >= 11 is 0. The number of hydrogen-bond donors (Lipinski definition) is 2. The van der Waals surface area contributed by atoms with E-state index >= 15 is 0 Å². The zero-order valence-corrected chi connectivity index (χ0v) is 14.1. The molecule has 0 radical (unpaired) electrons. The maximum atomic E-state index is 9.45. The van der Waals surface area contributed by atoms with Gasteiger partial charge in [-0.3, -0.25) is 0 Å². The van der Waals surface area contributed by atoms with E-state index in [0.29, 0.717) is 0 Å². The quantitative estimate of drug-likeness (QED) is 0.761. The van der Waals surface area contributed by atoms with Crippen LogP contribution >= 0.6 is 0 Å². The molecule has 2 heterocycles. The van der Waals surface area contributed by atoms with E-state index in [-0.39, 0.29) is 5.75 Å². The van der Waals surface area contributed by atoms with Gasteiger partial charge in [0.1, 0.15) is 11.6 Å². The number of aromatic amines is 1. The van der Waals surface area contributed by atoms with Crippen LogP contribution in [0.4, 0.5) is 5.69 Å². The number of imidazole rings is 1. The molecule has 0 atom stereocenters. The molecule has 2 aromatic carbocycles. The summed E-state index contributed by atoms with van der Waals surface area (Å²) in [4.78, 5) is 13.0. The molecule has 0 spiro atoms. The molecule has 1 fully saturated rings. The normalized spacial score (nSPS) is 16.0. The van der Waals surface area contributed by atoms with Crippen LogP contribution in [-0.2, 0) is 0 Å². The topological polar surface area (TPSA) is 55.4 Å². The zero-order chi connectivity index (χ0) is 16.7. The van der Waals surface area contributed by atoms with Gasteiger partial charge < -0.3 is 19.9 Å². The second-order valence-electron chi connectivity index (χ2n) is 6.58. The summed E-state index contributed by atoms with van der Waals surface area (Å²) in [7, 11) is 2.17. The lowest BCUT2D eigenvalue weighted by Crippen LogP contribution is -2.44. The van der Waals surface area contributed by atoms with Crippen LogP contribution in [0.5, 0.6) is 5.75 Å². The second-order valence-corrected chi connectivity index (χ2v) is 6.58. The lowest BCUT2D eigenvalue weighted by molar-refractivity contribution is 0.313. The fourth-order valence-electron chi connectivity index (χ4n) is 3.27. The Hall–Kier alpha value is -2.53. The van der Waals surface area contributed by atoms with Gasteiger partial charge in [-0.25, -0.2) is 4.98 Å². The average molecular weight is 322 g/mol. The number of likely N-dealkylation sites (N-methyl/N-ethyl adjacent to an activating group) is 1. The first-order chi connectivity index (χ1) is 11.6. The highest BCUT2D eigenvalue weighted by Gasteiger charge is 2.16. The number of aromatic nitrogens is 2. The van der Waals surface area contributed by atoms with Crippen LogP contribution in [0.3, 0.4) is 0 Å². The van der Waals surface area contributed by atoms with Crippen molar-refractivity contribution in [3.63, 3.8) is 0 Å². The number of hydrogen-bond acceptors (Lipinski definition) is 4. The Morgan fingerprint density at radius 1 is 1.04 bits per heavy atom. The molecule has 5 nitrogen and oxygen atoms in total. The summed E-state index contributed by atoms with van der Waals surface area (Å²) in [6, 6.07) is 11.6. The molecular weight excluding hydrogens is 300 g/mol.